The molecule has 0 aliphatic rings. The molecule has 2 N–H and O–H groups in total. The van der Waals surface area contributed by atoms with Crippen molar-refractivity contribution in [2.45, 2.75) is 12.7 Å². The predicted molar refractivity (Wildman–Crippen MR) is 54.7 cm³/mol. The van der Waals surface area contributed by atoms with E-state index in [0.717, 1.165) is 16.3 Å². The van der Waals surface area contributed by atoms with Gasteiger partial charge in [0.15, 0.2) is 0 Å². The summed E-state index contributed by atoms with van der Waals surface area (Å²) in [4.78, 5) is 0.893. The molecule has 0 amide bonds. The molecule has 0 saturated heterocycles. The Hall–Kier alpha value is -1.07. The quantitative estimate of drug-likeness (QED) is 0.800. The third-order valence-corrected chi connectivity index (χ3v) is 3.22. The van der Waals surface area contributed by atoms with Crippen LogP contribution in [0.4, 0.5) is 13.2 Å². The Labute approximate surface area is 88.3 Å². The van der Waals surface area contributed by atoms with E-state index in [-0.39, 0.29) is 0 Å². The second-order valence-corrected chi connectivity index (χ2v) is 4.34. The summed E-state index contributed by atoms with van der Waals surface area (Å²) >= 11 is 1.30. The number of nitrogens with two attached hydrogens (primary N) is 1. The number of thiophene rings is 1. The van der Waals surface area contributed by atoms with Gasteiger partial charge in [-0.2, -0.15) is 13.2 Å². The topological polar surface area (TPSA) is 26.0 Å². The molecule has 2 rings (SSSR count). The average Bonchev–Trinajstić information content (AvgIpc) is 2.57. The van der Waals surface area contributed by atoms with Gasteiger partial charge in [0.05, 0.1) is 5.56 Å². The number of hydrogen-bond acceptors (Lipinski definition) is 2. The van der Waals surface area contributed by atoms with Crippen molar-refractivity contribution in [3.63, 3.8) is 0 Å². The first-order valence-corrected chi connectivity index (χ1v) is 5.12. The standard InChI is InChI=1S/C10H8F3NS/c11-10(12,13)7-2-1-6-3-8(5-14)15-9(6)4-7/h1-4H,5,14H2. The largest absolute Gasteiger partial charge is 0.416 e. The van der Waals surface area contributed by atoms with Gasteiger partial charge in [-0.3, -0.25) is 0 Å². The van der Waals surface area contributed by atoms with Crippen molar-refractivity contribution in [1.29, 1.82) is 0 Å². The summed E-state index contributed by atoms with van der Waals surface area (Å²) in [5, 5.41) is 0.813. The average molecular weight is 231 g/mol. The molecule has 0 aliphatic carbocycles. The lowest BCUT2D eigenvalue weighted by Crippen LogP contribution is -2.03. The van der Waals surface area contributed by atoms with Crippen LogP contribution < -0.4 is 5.73 Å². The summed E-state index contributed by atoms with van der Waals surface area (Å²) in [6.45, 7) is 0.362. The summed E-state index contributed by atoms with van der Waals surface area (Å²) in [6, 6.07) is 5.56. The Morgan fingerprint density at radius 3 is 2.53 bits per heavy atom. The van der Waals surface area contributed by atoms with Crippen LogP contribution in [0.1, 0.15) is 10.4 Å². The van der Waals surface area contributed by atoms with Crippen LogP contribution in [0.25, 0.3) is 10.1 Å². The first-order chi connectivity index (χ1) is 7.00. The molecule has 0 saturated carbocycles. The van der Waals surface area contributed by atoms with Crippen LogP contribution in [-0.2, 0) is 12.7 Å². The number of fused-ring (bicyclic) bond motifs is 1. The highest BCUT2D eigenvalue weighted by Gasteiger charge is 2.30. The van der Waals surface area contributed by atoms with Crippen molar-refractivity contribution in [3.8, 4) is 0 Å². The van der Waals surface area contributed by atoms with E-state index >= 15 is 0 Å². The van der Waals surface area contributed by atoms with Gasteiger partial charge in [-0.05, 0) is 23.6 Å². The van der Waals surface area contributed by atoms with Crippen molar-refractivity contribution in [3.05, 3.63) is 34.7 Å². The van der Waals surface area contributed by atoms with Gasteiger partial charge in [0.25, 0.3) is 0 Å². The fourth-order valence-corrected chi connectivity index (χ4v) is 2.35. The zero-order valence-electron chi connectivity index (χ0n) is 7.64. The number of alkyl halides is 3. The summed E-state index contributed by atoms with van der Waals surface area (Å²) < 4.78 is 37.8. The maximum absolute atomic E-state index is 12.4. The van der Waals surface area contributed by atoms with E-state index in [1.807, 2.05) is 6.07 Å². The van der Waals surface area contributed by atoms with Crippen molar-refractivity contribution in [1.82, 2.24) is 0 Å². The van der Waals surface area contributed by atoms with Gasteiger partial charge in [0, 0.05) is 16.1 Å². The van der Waals surface area contributed by atoms with Crippen LogP contribution in [0.2, 0.25) is 0 Å². The van der Waals surface area contributed by atoms with Crippen LogP contribution in [-0.4, -0.2) is 0 Å². The van der Waals surface area contributed by atoms with Crippen LogP contribution in [0.3, 0.4) is 0 Å². The second kappa shape index (κ2) is 3.50. The molecule has 0 bridgehead atoms. The molecule has 1 heterocycles. The molecular weight excluding hydrogens is 223 g/mol. The Morgan fingerprint density at radius 2 is 1.93 bits per heavy atom. The van der Waals surface area contributed by atoms with Gasteiger partial charge in [0.1, 0.15) is 0 Å². The van der Waals surface area contributed by atoms with E-state index < -0.39 is 11.7 Å². The van der Waals surface area contributed by atoms with Crippen LogP contribution in [0.15, 0.2) is 24.3 Å². The summed E-state index contributed by atoms with van der Waals surface area (Å²) in [5.41, 5.74) is 4.81. The number of hydrogen-bond donors (Lipinski definition) is 1. The van der Waals surface area contributed by atoms with Crippen molar-refractivity contribution in [2.24, 2.45) is 5.73 Å². The molecule has 0 spiro atoms. The molecule has 0 aliphatic heterocycles. The number of benzene rings is 1. The summed E-state index contributed by atoms with van der Waals surface area (Å²) in [5.74, 6) is 0. The molecule has 15 heavy (non-hydrogen) atoms. The molecule has 0 atom stereocenters. The maximum atomic E-state index is 12.4. The summed E-state index contributed by atoms with van der Waals surface area (Å²) in [7, 11) is 0. The first-order valence-electron chi connectivity index (χ1n) is 4.30. The van der Waals surface area contributed by atoms with E-state index in [0.29, 0.717) is 11.2 Å². The minimum atomic E-state index is -4.28. The van der Waals surface area contributed by atoms with E-state index in [1.54, 1.807) is 0 Å². The zero-order valence-corrected chi connectivity index (χ0v) is 8.45. The lowest BCUT2D eigenvalue weighted by atomic mass is 10.1. The zero-order chi connectivity index (χ0) is 11.1. The minimum absolute atomic E-state index is 0.362. The highest BCUT2D eigenvalue weighted by molar-refractivity contribution is 7.19. The predicted octanol–water partition coefficient (Wildman–Crippen LogP) is 3.38. The lowest BCUT2D eigenvalue weighted by Gasteiger charge is -2.05. The number of rotatable bonds is 1. The van der Waals surface area contributed by atoms with E-state index in [2.05, 4.69) is 0 Å². The van der Waals surface area contributed by atoms with E-state index in [9.17, 15) is 13.2 Å². The lowest BCUT2D eigenvalue weighted by molar-refractivity contribution is -0.137. The van der Waals surface area contributed by atoms with Gasteiger partial charge in [0.2, 0.25) is 0 Å². The Bertz CT molecular complexity index is 487. The molecule has 1 nitrogen and oxygen atoms in total. The van der Waals surface area contributed by atoms with Crippen LogP contribution in [0.5, 0.6) is 0 Å². The van der Waals surface area contributed by atoms with Gasteiger partial charge in [-0.25, -0.2) is 0 Å². The normalized spacial score (nSPS) is 12.3. The molecule has 2 aromatic rings. The van der Waals surface area contributed by atoms with Gasteiger partial charge in [-0.15, -0.1) is 11.3 Å². The molecule has 0 unspecified atom stereocenters. The van der Waals surface area contributed by atoms with Crippen molar-refractivity contribution in [2.75, 3.05) is 0 Å². The van der Waals surface area contributed by atoms with E-state index in [1.165, 1.54) is 23.5 Å². The van der Waals surface area contributed by atoms with Crippen molar-refractivity contribution >= 4 is 21.4 Å². The van der Waals surface area contributed by atoms with Crippen molar-refractivity contribution < 1.29 is 13.2 Å². The third kappa shape index (κ3) is 1.98. The second-order valence-electron chi connectivity index (χ2n) is 3.17. The highest BCUT2D eigenvalue weighted by Crippen LogP contribution is 2.34. The highest BCUT2D eigenvalue weighted by atomic mass is 32.1. The van der Waals surface area contributed by atoms with Crippen LogP contribution in [0, 0.1) is 0 Å². The smallest absolute Gasteiger partial charge is 0.326 e. The maximum Gasteiger partial charge on any atom is 0.416 e. The van der Waals surface area contributed by atoms with Gasteiger partial charge in [-0.1, -0.05) is 6.07 Å². The Kier molecular flexibility index (Phi) is 2.44. The Morgan fingerprint density at radius 1 is 1.20 bits per heavy atom. The molecule has 0 fully saturated rings. The molecule has 1 aromatic heterocycles. The third-order valence-electron chi connectivity index (χ3n) is 2.10. The van der Waals surface area contributed by atoms with Gasteiger partial charge >= 0.3 is 6.18 Å². The minimum Gasteiger partial charge on any atom is -0.326 e. The Balaban J connectivity index is 2.55. The monoisotopic (exact) mass is 231 g/mol. The van der Waals surface area contributed by atoms with Gasteiger partial charge < -0.3 is 5.73 Å². The molecule has 1 aromatic carbocycles. The first kappa shape index (κ1) is 10.4. The molecular formula is C10H8F3NS. The number of halogens is 3. The van der Waals surface area contributed by atoms with Crippen LogP contribution >= 0.6 is 11.3 Å². The molecule has 0 radical (unpaired) electrons. The van der Waals surface area contributed by atoms with E-state index in [4.69, 9.17) is 5.73 Å². The molecule has 80 valence electrons. The fraction of sp³-hybridized carbons (Fsp3) is 0.200. The SMILES string of the molecule is NCc1cc2ccc(C(F)(F)F)cc2s1. The fourth-order valence-electron chi connectivity index (χ4n) is 1.36. The summed E-state index contributed by atoms with van der Waals surface area (Å²) in [6.07, 6.45) is -4.28. The molecule has 5 heteroatoms.